The van der Waals surface area contributed by atoms with E-state index < -0.39 is 32.5 Å². The molecule has 228 valence electrons. The van der Waals surface area contributed by atoms with Crippen molar-refractivity contribution in [1.29, 1.82) is 0 Å². The zero-order chi connectivity index (χ0) is 30.6. The fraction of sp³-hybridized carbons (Fsp3) is 0.406. The smallest absolute Gasteiger partial charge is 0.261 e. The zero-order valence-corrected chi connectivity index (χ0v) is 26.6. The Hall–Kier alpha value is -3.08. The van der Waals surface area contributed by atoms with Crippen LogP contribution in [0.3, 0.4) is 0 Å². The Labute approximate surface area is 258 Å². The molecule has 4 bridgehead atoms. The molecule has 0 aromatic heterocycles. The van der Waals surface area contributed by atoms with Gasteiger partial charge in [0, 0.05) is 10.7 Å². The maximum absolute atomic E-state index is 13.0. The number of halogens is 1. The molecule has 0 unspecified atom stereocenters. The molecule has 0 atom stereocenters. The highest BCUT2D eigenvalue weighted by molar-refractivity contribution is 7.92. The second-order valence-corrected chi connectivity index (χ2v) is 16.7. The van der Waals surface area contributed by atoms with Crippen LogP contribution in [-0.4, -0.2) is 35.5 Å². The molecule has 1 amide bonds. The van der Waals surface area contributed by atoms with Crippen molar-refractivity contribution in [2.75, 3.05) is 27.1 Å². The van der Waals surface area contributed by atoms with E-state index in [4.69, 9.17) is 11.6 Å². The maximum Gasteiger partial charge on any atom is 0.261 e. The van der Waals surface area contributed by atoms with Gasteiger partial charge in [-0.25, -0.2) is 16.8 Å². The molecule has 4 aliphatic carbocycles. The summed E-state index contributed by atoms with van der Waals surface area (Å²) in [7, 11) is -7.65. The third-order valence-electron chi connectivity index (χ3n) is 9.39. The first kappa shape index (κ1) is 30.0. The Kier molecular flexibility index (Phi) is 7.75. The molecule has 11 heteroatoms. The van der Waals surface area contributed by atoms with Crippen LogP contribution in [0, 0.1) is 24.7 Å². The first-order valence-corrected chi connectivity index (χ1v) is 18.3. The minimum absolute atomic E-state index is 0.00162. The van der Waals surface area contributed by atoms with E-state index in [-0.39, 0.29) is 10.3 Å². The molecular weight excluding hydrogens is 606 g/mol. The Balaban J connectivity index is 1.13. The van der Waals surface area contributed by atoms with Crippen molar-refractivity contribution in [1.82, 2.24) is 0 Å². The van der Waals surface area contributed by atoms with E-state index >= 15 is 0 Å². The second-order valence-electron chi connectivity index (χ2n) is 12.7. The summed E-state index contributed by atoms with van der Waals surface area (Å²) in [5.74, 6) is 1.87. The summed E-state index contributed by atoms with van der Waals surface area (Å²) in [5, 5.41) is 3.09. The van der Waals surface area contributed by atoms with Crippen LogP contribution in [-0.2, 0) is 30.3 Å². The van der Waals surface area contributed by atoms with Gasteiger partial charge in [-0.05, 0) is 128 Å². The van der Waals surface area contributed by atoms with E-state index in [1.807, 2.05) is 12.1 Å². The third kappa shape index (κ3) is 6.28. The molecule has 3 aromatic rings. The number of carbonyl (C=O) groups is 1. The van der Waals surface area contributed by atoms with Crippen molar-refractivity contribution in [3.05, 3.63) is 82.9 Å². The highest BCUT2D eigenvalue weighted by Crippen LogP contribution is 2.60. The van der Waals surface area contributed by atoms with Crippen LogP contribution >= 0.6 is 11.6 Å². The molecule has 4 aliphatic rings. The molecule has 2 N–H and O–H groups in total. The summed E-state index contributed by atoms with van der Waals surface area (Å²) in [6.07, 6.45) is 8.79. The van der Waals surface area contributed by atoms with Crippen LogP contribution in [0.4, 0.5) is 17.1 Å². The third-order valence-corrected chi connectivity index (χ3v) is 12.1. The van der Waals surface area contributed by atoms with Gasteiger partial charge in [0.1, 0.15) is 6.54 Å². The number of hydrogen-bond donors (Lipinski definition) is 2. The summed E-state index contributed by atoms with van der Waals surface area (Å²) < 4.78 is 54.9. The van der Waals surface area contributed by atoms with E-state index in [1.54, 1.807) is 19.1 Å². The van der Waals surface area contributed by atoms with Gasteiger partial charge in [-0.1, -0.05) is 29.8 Å². The van der Waals surface area contributed by atoms with E-state index in [2.05, 4.69) is 22.2 Å². The van der Waals surface area contributed by atoms with Crippen LogP contribution in [0.1, 0.15) is 49.7 Å². The largest absolute Gasteiger partial charge is 0.325 e. The number of rotatable bonds is 9. The number of nitrogens with zero attached hydrogens (tertiary/aromatic N) is 1. The molecule has 0 saturated heterocycles. The van der Waals surface area contributed by atoms with Gasteiger partial charge >= 0.3 is 0 Å². The number of amides is 1. The predicted molar refractivity (Wildman–Crippen MR) is 171 cm³/mol. The van der Waals surface area contributed by atoms with Gasteiger partial charge in [0.05, 0.1) is 22.5 Å². The normalized spacial score (nSPS) is 24.5. The van der Waals surface area contributed by atoms with Crippen molar-refractivity contribution in [3.8, 4) is 0 Å². The van der Waals surface area contributed by atoms with Crippen molar-refractivity contribution < 1.29 is 21.6 Å². The van der Waals surface area contributed by atoms with Crippen molar-refractivity contribution in [3.63, 3.8) is 0 Å². The molecule has 0 radical (unpaired) electrons. The fourth-order valence-corrected chi connectivity index (χ4v) is 9.95. The number of nitrogens with one attached hydrogen (secondary N) is 2. The highest BCUT2D eigenvalue weighted by Gasteiger charge is 2.51. The number of carbonyl (C=O) groups excluding carboxylic acids is 1. The molecular formula is C32H36ClN3O5S2. The van der Waals surface area contributed by atoms with Crippen LogP contribution < -0.4 is 14.3 Å². The van der Waals surface area contributed by atoms with E-state index in [9.17, 15) is 21.6 Å². The minimum Gasteiger partial charge on any atom is -0.325 e. The van der Waals surface area contributed by atoms with Gasteiger partial charge in [-0.2, -0.15) is 0 Å². The van der Waals surface area contributed by atoms with Gasteiger partial charge < -0.3 is 5.32 Å². The van der Waals surface area contributed by atoms with E-state index in [0.717, 1.165) is 33.9 Å². The molecule has 4 fully saturated rings. The molecule has 43 heavy (non-hydrogen) atoms. The standard InChI is InChI=1S/C32H36ClN3O5S2/c1-21-3-6-26(33)16-30(21)35-43(40,41)29-11-7-27(8-12-29)34-31(37)20-36(42(2,38)39)28-9-4-25(5-10-28)32-17-22-13-23(18-32)15-24(14-22)19-32/h3-12,16,22-24,35H,13-15,17-20H2,1-2H3,(H,34,37). The summed E-state index contributed by atoms with van der Waals surface area (Å²) in [6, 6.07) is 18.3. The summed E-state index contributed by atoms with van der Waals surface area (Å²) in [4.78, 5) is 13.0. The lowest BCUT2D eigenvalue weighted by molar-refractivity contribution is -0.114. The van der Waals surface area contributed by atoms with Crippen LogP contribution in [0.25, 0.3) is 0 Å². The zero-order valence-electron chi connectivity index (χ0n) is 24.2. The molecule has 4 saturated carbocycles. The first-order chi connectivity index (χ1) is 20.3. The number of benzene rings is 3. The lowest BCUT2D eigenvalue weighted by Crippen LogP contribution is -2.48. The van der Waals surface area contributed by atoms with Crippen LogP contribution in [0.2, 0.25) is 5.02 Å². The summed E-state index contributed by atoms with van der Waals surface area (Å²) in [5.41, 5.74) is 3.35. The lowest BCUT2D eigenvalue weighted by atomic mass is 9.48. The predicted octanol–water partition coefficient (Wildman–Crippen LogP) is 6.32. The van der Waals surface area contributed by atoms with Gasteiger partial charge in [-0.15, -0.1) is 0 Å². The monoisotopic (exact) mass is 641 g/mol. The van der Waals surface area contributed by atoms with Gasteiger partial charge in [-0.3, -0.25) is 13.8 Å². The van der Waals surface area contributed by atoms with Gasteiger partial charge in [0.2, 0.25) is 15.9 Å². The number of aryl methyl sites for hydroxylation is 1. The number of hydrogen-bond acceptors (Lipinski definition) is 5. The number of anilines is 3. The molecule has 0 aliphatic heterocycles. The van der Waals surface area contributed by atoms with Crippen LogP contribution in [0.15, 0.2) is 71.6 Å². The summed E-state index contributed by atoms with van der Waals surface area (Å²) in [6.45, 7) is 1.36. The van der Waals surface area contributed by atoms with Crippen molar-refractivity contribution in [2.24, 2.45) is 17.8 Å². The molecule has 3 aromatic carbocycles. The Morgan fingerprint density at radius 2 is 1.47 bits per heavy atom. The molecule has 0 spiro atoms. The first-order valence-electron chi connectivity index (χ1n) is 14.6. The van der Waals surface area contributed by atoms with Crippen molar-refractivity contribution >= 4 is 54.6 Å². The van der Waals surface area contributed by atoms with Gasteiger partial charge in [0.15, 0.2) is 0 Å². The van der Waals surface area contributed by atoms with Crippen LogP contribution in [0.5, 0.6) is 0 Å². The second kappa shape index (κ2) is 11.1. The molecule has 7 rings (SSSR count). The van der Waals surface area contributed by atoms with Gasteiger partial charge in [0.25, 0.3) is 10.0 Å². The number of sulfonamides is 2. The highest BCUT2D eigenvalue weighted by atomic mass is 35.5. The SMILES string of the molecule is Cc1ccc(Cl)cc1NS(=O)(=O)c1ccc(NC(=O)CN(c2ccc(C34CC5CC(CC(C5)C3)C4)cc2)S(C)(=O)=O)cc1. The summed E-state index contributed by atoms with van der Waals surface area (Å²) >= 11 is 6.01. The lowest BCUT2D eigenvalue weighted by Gasteiger charge is -2.57. The average Bonchev–Trinajstić information content (AvgIpc) is 2.93. The fourth-order valence-electron chi connectivity index (χ4n) is 7.80. The van der Waals surface area contributed by atoms with Crippen molar-refractivity contribution in [2.45, 2.75) is 55.8 Å². The topological polar surface area (TPSA) is 113 Å². The molecule has 8 nitrogen and oxygen atoms in total. The Morgan fingerprint density at radius 3 is 2.02 bits per heavy atom. The maximum atomic E-state index is 13.0. The average molecular weight is 642 g/mol. The van der Waals surface area contributed by atoms with E-state index in [1.165, 1.54) is 74.4 Å². The molecule has 0 heterocycles. The Morgan fingerprint density at radius 1 is 0.884 bits per heavy atom. The Bertz CT molecular complexity index is 1720. The minimum atomic E-state index is -3.90. The van der Waals surface area contributed by atoms with E-state index in [0.29, 0.717) is 22.1 Å². The quantitative estimate of drug-likeness (QED) is 0.284.